The summed E-state index contributed by atoms with van der Waals surface area (Å²) >= 11 is 12.3. The van der Waals surface area contributed by atoms with Crippen LogP contribution in [0.2, 0.25) is 10.0 Å². The number of carbonyl (C=O) groups excluding carboxylic acids is 1. The van der Waals surface area contributed by atoms with Gasteiger partial charge in [0, 0.05) is 36.8 Å². The molecule has 1 unspecified atom stereocenters. The van der Waals surface area contributed by atoms with Gasteiger partial charge in [0.25, 0.3) is 0 Å². The van der Waals surface area contributed by atoms with Gasteiger partial charge >= 0.3 is 6.09 Å². The molecule has 1 amide bonds. The van der Waals surface area contributed by atoms with E-state index in [9.17, 15) is 14.7 Å². The zero-order valence-electron chi connectivity index (χ0n) is 21.8. The predicted octanol–water partition coefficient (Wildman–Crippen LogP) is 6.28. The van der Waals surface area contributed by atoms with E-state index in [1.807, 2.05) is 18.2 Å². The van der Waals surface area contributed by atoms with Crippen LogP contribution in [0.5, 0.6) is 5.75 Å². The van der Waals surface area contributed by atoms with E-state index in [-0.39, 0.29) is 33.5 Å². The fourth-order valence-electron chi connectivity index (χ4n) is 5.09. The first-order valence-corrected chi connectivity index (χ1v) is 14.0. The summed E-state index contributed by atoms with van der Waals surface area (Å²) in [6.07, 6.45) is 5.58. The van der Waals surface area contributed by atoms with Crippen molar-refractivity contribution in [3.63, 3.8) is 0 Å². The van der Waals surface area contributed by atoms with Gasteiger partial charge in [-0.05, 0) is 62.1 Å². The van der Waals surface area contributed by atoms with Crippen molar-refractivity contribution in [3.05, 3.63) is 64.4 Å². The third-order valence-corrected chi connectivity index (χ3v) is 7.91. The van der Waals surface area contributed by atoms with Gasteiger partial charge in [0.2, 0.25) is 0 Å². The maximum absolute atomic E-state index is 13.3. The van der Waals surface area contributed by atoms with Crippen molar-refractivity contribution in [1.82, 2.24) is 20.3 Å². The highest BCUT2D eigenvalue weighted by atomic mass is 35.5. The first-order chi connectivity index (χ1) is 19.8. The standard InChI is InChI=1S/C29H26Cl2N6O4/c30-20-10-16(11-21(31)28(20)39)22-6-7-23-26(36-22)25(19(13-32-23)27(38)15-3-4-15)34-17-5-8-24(33-12-17)37-9-1-2-18(14-37)35-29(40)41/h5-8,10-13,15,18,35,39H,1-4,9,14H2,(H,32,34)(H,40,41). The van der Waals surface area contributed by atoms with Gasteiger partial charge in [-0.15, -0.1) is 0 Å². The van der Waals surface area contributed by atoms with Gasteiger partial charge < -0.3 is 25.7 Å². The zero-order chi connectivity index (χ0) is 28.7. The minimum atomic E-state index is -1.03. The Balaban J connectivity index is 1.35. The number of fused-ring (bicyclic) bond motifs is 1. The quantitative estimate of drug-likeness (QED) is 0.182. The van der Waals surface area contributed by atoms with Crippen molar-refractivity contribution in [1.29, 1.82) is 0 Å². The summed E-state index contributed by atoms with van der Waals surface area (Å²) in [5, 5.41) is 25.2. The maximum Gasteiger partial charge on any atom is 0.404 e. The summed E-state index contributed by atoms with van der Waals surface area (Å²) in [6.45, 7) is 1.32. The number of pyridine rings is 3. The Hall–Kier alpha value is -4.15. The van der Waals surface area contributed by atoms with Crippen LogP contribution in [0, 0.1) is 5.92 Å². The lowest BCUT2D eigenvalue weighted by Gasteiger charge is -2.33. The lowest BCUT2D eigenvalue weighted by atomic mass is 10.0. The molecule has 10 nitrogen and oxygen atoms in total. The lowest BCUT2D eigenvalue weighted by molar-refractivity contribution is 0.0968. The predicted molar refractivity (Wildman–Crippen MR) is 158 cm³/mol. The Morgan fingerprint density at radius 2 is 1.78 bits per heavy atom. The van der Waals surface area contributed by atoms with Crippen molar-refractivity contribution in [3.8, 4) is 17.0 Å². The second kappa shape index (κ2) is 11.0. The van der Waals surface area contributed by atoms with Crippen molar-refractivity contribution in [2.24, 2.45) is 5.92 Å². The van der Waals surface area contributed by atoms with Gasteiger partial charge in [0.05, 0.1) is 44.4 Å². The highest BCUT2D eigenvalue weighted by Crippen LogP contribution is 2.39. The van der Waals surface area contributed by atoms with E-state index >= 15 is 0 Å². The molecule has 4 aromatic rings. The minimum absolute atomic E-state index is 0.0136. The molecular weight excluding hydrogens is 567 g/mol. The number of aromatic nitrogens is 3. The molecule has 0 spiro atoms. The molecule has 210 valence electrons. The molecule has 2 aliphatic rings. The van der Waals surface area contributed by atoms with Crippen LogP contribution in [-0.2, 0) is 0 Å². The molecule has 41 heavy (non-hydrogen) atoms. The summed E-state index contributed by atoms with van der Waals surface area (Å²) in [4.78, 5) is 40.4. The van der Waals surface area contributed by atoms with E-state index < -0.39 is 6.09 Å². The van der Waals surface area contributed by atoms with Crippen LogP contribution >= 0.6 is 23.2 Å². The number of nitrogens with zero attached hydrogens (tertiary/aromatic N) is 4. The molecule has 1 saturated heterocycles. The number of ketones is 1. The van der Waals surface area contributed by atoms with Crippen LogP contribution in [0.15, 0.2) is 48.8 Å². The normalized spacial score (nSPS) is 16.9. The number of rotatable bonds is 7. The summed E-state index contributed by atoms with van der Waals surface area (Å²) in [6, 6.07) is 10.3. The highest BCUT2D eigenvalue weighted by molar-refractivity contribution is 6.37. The number of Topliss-reactive ketones (excluding diaryl/α,β-unsaturated/α-hetero) is 1. The topological polar surface area (TPSA) is 141 Å². The first-order valence-electron chi connectivity index (χ1n) is 13.3. The van der Waals surface area contributed by atoms with Crippen molar-refractivity contribution in [2.75, 3.05) is 23.3 Å². The Morgan fingerprint density at radius 3 is 2.46 bits per heavy atom. The number of phenols is 1. The number of anilines is 3. The van der Waals surface area contributed by atoms with Crippen LogP contribution in [0.3, 0.4) is 0 Å². The minimum Gasteiger partial charge on any atom is -0.505 e. The molecule has 12 heteroatoms. The number of aromatic hydroxyl groups is 1. The Kier molecular flexibility index (Phi) is 7.27. The number of carbonyl (C=O) groups is 2. The SMILES string of the molecule is O=C(O)NC1CCCN(c2ccc(Nc3c(C(=O)C4CC4)cnc4ccc(-c5cc(Cl)c(O)c(Cl)c5)nc34)cn2)C1. The third-order valence-electron chi connectivity index (χ3n) is 7.33. The average molecular weight is 593 g/mol. The summed E-state index contributed by atoms with van der Waals surface area (Å²) in [7, 11) is 0. The molecule has 2 fully saturated rings. The van der Waals surface area contributed by atoms with Crippen LogP contribution in [-0.4, -0.2) is 56.2 Å². The van der Waals surface area contributed by atoms with E-state index in [4.69, 9.17) is 33.3 Å². The van der Waals surface area contributed by atoms with E-state index in [1.54, 1.807) is 30.6 Å². The number of nitrogens with one attached hydrogen (secondary N) is 2. The fraction of sp³-hybridized carbons (Fsp3) is 0.276. The number of piperidine rings is 1. The van der Waals surface area contributed by atoms with Crippen molar-refractivity contribution < 1.29 is 19.8 Å². The molecule has 4 heterocycles. The monoisotopic (exact) mass is 592 g/mol. The molecule has 0 bridgehead atoms. The van der Waals surface area contributed by atoms with Crippen LogP contribution in [0.25, 0.3) is 22.3 Å². The average Bonchev–Trinajstić information content (AvgIpc) is 3.81. The van der Waals surface area contributed by atoms with Gasteiger partial charge in [-0.25, -0.2) is 14.8 Å². The van der Waals surface area contributed by atoms with E-state index in [2.05, 4.69) is 25.5 Å². The molecule has 1 aliphatic heterocycles. The number of benzene rings is 1. The first kappa shape index (κ1) is 27.0. The molecule has 0 radical (unpaired) electrons. The van der Waals surface area contributed by atoms with Gasteiger partial charge in [-0.2, -0.15) is 0 Å². The highest BCUT2D eigenvalue weighted by Gasteiger charge is 2.33. The molecular formula is C29H26Cl2N6O4. The van der Waals surface area contributed by atoms with Crippen LogP contribution in [0.1, 0.15) is 36.0 Å². The smallest absolute Gasteiger partial charge is 0.404 e. The zero-order valence-corrected chi connectivity index (χ0v) is 23.3. The number of phenolic OH excluding ortho intramolecular Hbond substituents is 1. The Bertz CT molecular complexity index is 1640. The molecule has 6 rings (SSSR count). The van der Waals surface area contributed by atoms with Crippen LogP contribution < -0.4 is 15.5 Å². The molecule has 4 N–H and O–H groups in total. The van der Waals surface area contributed by atoms with Gasteiger partial charge in [-0.1, -0.05) is 23.2 Å². The number of hydrogen-bond donors (Lipinski definition) is 4. The van der Waals surface area contributed by atoms with E-state index in [1.165, 1.54) is 0 Å². The summed E-state index contributed by atoms with van der Waals surface area (Å²) in [5.74, 6) is 0.524. The molecule has 1 saturated carbocycles. The second-order valence-electron chi connectivity index (χ2n) is 10.3. The lowest BCUT2D eigenvalue weighted by Crippen LogP contribution is -2.47. The number of amides is 1. The van der Waals surface area contributed by atoms with Gasteiger partial charge in [0.15, 0.2) is 11.5 Å². The Labute approximate surface area is 245 Å². The number of halogens is 2. The van der Waals surface area contributed by atoms with Crippen molar-refractivity contribution >= 4 is 63.3 Å². The molecule has 1 aliphatic carbocycles. The second-order valence-corrected chi connectivity index (χ2v) is 11.1. The Morgan fingerprint density at radius 1 is 1.00 bits per heavy atom. The third kappa shape index (κ3) is 5.71. The van der Waals surface area contributed by atoms with E-state index in [0.29, 0.717) is 45.8 Å². The molecule has 1 aromatic carbocycles. The fourth-order valence-corrected chi connectivity index (χ4v) is 5.58. The van der Waals surface area contributed by atoms with Gasteiger partial charge in [-0.3, -0.25) is 9.78 Å². The maximum atomic E-state index is 13.3. The summed E-state index contributed by atoms with van der Waals surface area (Å²) in [5.41, 5.74) is 3.88. The van der Waals surface area contributed by atoms with Crippen molar-refractivity contribution in [2.45, 2.75) is 31.7 Å². The largest absolute Gasteiger partial charge is 0.505 e. The van der Waals surface area contributed by atoms with Crippen LogP contribution in [0.4, 0.5) is 22.0 Å². The number of hydrogen-bond acceptors (Lipinski definition) is 8. The number of carboxylic acid groups (broad SMARTS) is 1. The summed E-state index contributed by atoms with van der Waals surface area (Å²) < 4.78 is 0. The molecule has 3 aromatic heterocycles. The molecule has 1 atom stereocenters. The van der Waals surface area contributed by atoms with E-state index in [0.717, 1.165) is 38.0 Å². The van der Waals surface area contributed by atoms with Gasteiger partial charge in [0.1, 0.15) is 11.3 Å².